The zero-order chi connectivity index (χ0) is 70.4. The van der Waals surface area contributed by atoms with Crippen molar-refractivity contribution < 1.29 is 80.2 Å². The molecule has 0 radical (unpaired) electrons. The van der Waals surface area contributed by atoms with Crippen LogP contribution in [0.3, 0.4) is 0 Å². The molecular formula is C77H132O17P2. The monoisotopic (exact) mass is 1390 g/mol. The van der Waals surface area contributed by atoms with Crippen molar-refractivity contribution in [2.24, 2.45) is 0 Å². The van der Waals surface area contributed by atoms with Crippen molar-refractivity contribution >= 4 is 39.5 Å². The van der Waals surface area contributed by atoms with Crippen molar-refractivity contribution in [3.05, 3.63) is 109 Å². The number of phosphoric acid groups is 2. The van der Waals surface area contributed by atoms with Crippen LogP contribution in [-0.4, -0.2) is 96.7 Å². The molecule has 5 unspecified atom stereocenters. The van der Waals surface area contributed by atoms with Gasteiger partial charge in [0.05, 0.1) is 26.4 Å². The molecule has 0 aliphatic carbocycles. The Bertz CT molecular complexity index is 2250. The molecule has 0 rings (SSSR count). The lowest BCUT2D eigenvalue weighted by Gasteiger charge is -2.21. The lowest BCUT2D eigenvalue weighted by atomic mass is 10.1. The smallest absolute Gasteiger partial charge is 0.462 e. The Morgan fingerprint density at radius 2 is 0.573 bits per heavy atom. The van der Waals surface area contributed by atoms with Crippen LogP contribution in [0.4, 0.5) is 0 Å². The second-order valence-electron chi connectivity index (χ2n) is 24.5. The number of rotatable bonds is 69. The first-order valence-corrected chi connectivity index (χ1v) is 40.1. The number of hydrogen-bond acceptors (Lipinski definition) is 15. The fraction of sp³-hybridized carbons (Fsp3) is 0.714. The van der Waals surface area contributed by atoms with Crippen molar-refractivity contribution in [1.82, 2.24) is 0 Å². The first kappa shape index (κ1) is 91.7. The number of allylic oxidation sites excluding steroid dienone is 18. The van der Waals surface area contributed by atoms with E-state index in [-0.39, 0.29) is 25.7 Å². The van der Waals surface area contributed by atoms with E-state index in [1.165, 1.54) is 64.2 Å². The molecule has 0 aromatic carbocycles. The van der Waals surface area contributed by atoms with E-state index in [0.29, 0.717) is 32.1 Å². The van der Waals surface area contributed by atoms with E-state index in [0.717, 1.165) is 148 Å². The number of carbonyl (C=O) groups is 4. The van der Waals surface area contributed by atoms with Crippen LogP contribution in [0.25, 0.3) is 0 Å². The standard InChI is InChI=1S/C77H132O17P2/c1-5-9-13-17-21-25-29-32-33-34-35-36-37-40-43-46-50-54-58-62-75(80)88-67-72(93-76(81)63-59-55-51-47-41-28-24-20-16-12-8-4)69-91-95(83,84)89-65-71(78)66-90-96(85,86)92-70-73(94-77(82)64-60-56-52-48-44-39-31-27-23-19-15-11-7-3)68-87-74(79)61-57-53-49-45-42-38-30-26-22-18-14-10-6-2/h9,13,20-21,24-27,30-33,35-36,40,43,50,54,71-73,78H,5-8,10-12,14-19,22-23,28-29,34,37-39,41-42,44-49,51-53,55-70H2,1-4H3,(H,83,84)(H,85,86)/b13-9-,24-20-,25-21-,30-26-,31-27-,33-32-,36-35-,43-40-,54-50-. The van der Waals surface area contributed by atoms with Crippen LogP contribution in [0.5, 0.6) is 0 Å². The molecule has 0 aromatic rings. The van der Waals surface area contributed by atoms with Gasteiger partial charge in [0, 0.05) is 25.7 Å². The van der Waals surface area contributed by atoms with E-state index in [1.54, 1.807) is 0 Å². The Morgan fingerprint density at radius 3 is 0.927 bits per heavy atom. The molecule has 0 aromatic heterocycles. The van der Waals surface area contributed by atoms with Crippen LogP contribution in [-0.2, 0) is 65.4 Å². The van der Waals surface area contributed by atoms with Crippen LogP contribution in [0.2, 0.25) is 0 Å². The van der Waals surface area contributed by atoms with Crippen molar-refractivity contribution in [2.45, 2.75) is 316 Å². The Kier molecular flexibility index (Phi) is 66.1. The molecule has 0 amide bonds. The average molecular weight is 1390 g/mol. The highest BCUT2D eigenvalue weighted by molar-refractivity contribution is 7.47. The van der Waals surface area contributed by atoms with Crippen LogP contribution in [0, 0.1) is 0 Å². The van der Waals surface area contributed by atoms with Crippen LogP contribution < -0.4 is 0 Å². The minimum absolute atomic E-state index is 0.0334. The van der Waals surface area contributed by atoms with E-state index in [2.05, 4.69) is 119 Å². The molecule has 17 nitrogen and oxygen atoms in total. The van der Waals surface area contributed by atoms with Gasteiger partial charge >= 0.3 is 39.5 Å². The quantitative estimate of drug-likeness (QED) is 0.0169. The minimum Gasteiger partial charge on any atom is -0.462 e. The van der Waals surface area contributed by atoms with Gasteiger partial charge in [-0.15, -0.1) is 0 Å². The van der Waals surface area contributed by atoms with Crippen LogP contribution in [0.1, 0.15) is 297 Å². The van der Waals surface area contributed by atoms with Gasteiger partial charge in [0.25, 0.3) is 0 Å². The Balaban J connectivity index is 5.38. The van der Waals surface area contributed by atoms with Crippen molar-refractivity contribution in [2.75, 3.05) is 39.6 Å². The predicted octanol–water partition coefficient (Wildman–Crippen LogP) is 21.0. The number of carbonyl (C=O) groups excluding carboxylic acids is 4. The first-order valence-electron chi connectivity index (χ1n) is 37.1. The lowest BCUT2D eigenvalue weighted by molar-refractivity contribution is -0.161. The molecule has 0 heterocycles. The third-order valence-corrected chi connectivity index (χ3v) is 17.1. The fourth-order valence-corrected chi connectivity index (χ4v) is 11.1. The Morgan fingerprint density at radius 1 is 0.302 bits per heavy atom. The number of unbranched alkanes of at least 4 members (excludes halogenated alkanes) is 25. The summed E-state index contributed by atoms with van der Waals surface area (Å²) in [5, 5.41) is 10.6. The fourth-order valence-electron chi connectivity index (χ4n) is 9.51. The number of aliphatic hydroxyl groups is 1. The Hall–Kier alpha value is -4.28. The Labute approximate surface area is 581 Å². The summed E-state index contributed by atoms with van der Waals surface area (Å²) < 4.78 is 68.2. The maximum Gasteiger partial charge on any atom is 0.472 e. The van der Waals surface area contributed by atoms with E-state index in [1.807, 2.05) is 18.2 Å². The van der Waals surface area contributed by atoms with E-state index in [4.69, 9.17) is 37.0 Å². The summed E-state index contributed by atoms with van der Waals surface area (Å²) in [7, 11) is -9.97. The third kappa shape index (κ3) is 68.3. The molecule has 0 aliphatic rings. The largest absolute Gasteiger partial charge is 0.472 e. The number of aliphatic hydroxyl groups excluding tert-OH is 1. The van der Waals surface area contributed by atoms with Crippen LogP contribution in [0.15, 0.2) is 109 Å². The zero-order valence-electron chi connectivity index (χ0n) is 60.0. The molecule has 0 fully saturated rings. The molecule has 0 bridgehead atoms. The highest BCUT2D eigenvalue weighted by Gasteiger charge is 2.30. The topological polar surface area (TPSA) is 237 Å². The van der Waals surface area contributed by atoms with Crippen molar-refractivity contribution in [1.29, 1.82) is 0 Å². The molecule has 96 heavy (non-hydrogen) atoms. The number of ether oxygens (including phenoxy) is 4. The lowest BCUT2D eigenvalue weighted by Crippen LogP contribution is -2.30. The second-order valence-corrected chi connectivity index (χ2v) is 27.4. The molecule has 19 heteroatoms. The van der Waals surface area contributed by atoms with Gasteiger partial charge in [0.1, 0.15) is 19.3 Å². The molecule has 0 saturated carbocycles. The van der Waals surface area contributed by atoms with Gasteiger partial charge in [-0.2, -0.15) is 0 Å². The molecule has 552 valence electrons. The molecule has 3 N–H and O–H groups in total. The highest BCUT2D eigenvalue weighted by Crippen LogP contribution is 2.45. The van der Waals surface area contributed by atoms with E-state index < -0.39 is 97.5 Å². The van der Waals surface area contributed by atoms with E-state index >= 15 is 0 Å². The maximum absolute atomic E-state index is 13.0. The normalized spacial score (nSPS) is 14.6. The van der Waals surface area contributed by atoms with E-state index in [9.17, 15) is 43.2 Å². The maximum atomic E-state index is 13.0. The van der Waals surface area contributed by atoms with Crippen molar-refractivity contribution in [3.8, 4) is 0 Å². The second kappa shape index (κ2) is 69.2. The third-order valence-electron chi connectivity index (χ3n) is 15.2. The van der Waals surface area contributed by atoms with Gasteiger partial charge in [-0.1, -0.05) is 246 Å². The van der Waals surface area contributed by atoms with Crippen LogP contribution >= 0.6 is 15.6 Å². The summed E-state index contributed by atoms with van der Waals surface area (Å²) in [5.41, 5.74) is 0. The summed E-state index contributed by atoms with van der Waals surface area (Å²) in [6.07, 6.45) is 72.5. The molecular weight excluding hydrogens is 1260 g/mol. The highest BCUT2D eigenvalue weighted by atomic mass is 31.2. The average Bonchev–Trinajstić information content (AvgIpc) is 1.11. The van der Waals surface area contributed by atoms with Crippen molar-refractivity contribution in [3.63, 3.8) is 0 Å². The summed E-state index contributed by atoms with van der Waals surface area (Å²) in [4.78, 5) is 72.6. The molecule has 0 aliphatic heterocycles. The minimum atomic E-state index is -4.99. The van der Waals surface area contributed by atoms with Gasteiger partial charge in [-0.05, 0) is 135 Å². The molecule has 5 atom stereocenters. The summed E-state index contributed by atoms with van der Waals surface area (Å²) in [6, 6.07) is 0. The predicted molar refractivity (Wildman–Crippen MR) is 390 cm³/mol. The summed E-state index contributed by atoms with van der Waals surface area (Å²) in [6.45, 7) is 4.57. The first-order chi connectivity index (χ1) is 46.7. The van der Waals surface area contributed by atoms with Gasteiger partial charge in [-0.3, -0.25) is 37.3 Å². The summed E-state index contributed by atoms with van der Waals surface area (Å²) >= 11 is 0. The molecule has 0 saturated heterocycles. The SMILES string of the molecule is CC/C=C\C/C=C\C/C=C\C/C=C\C/C=C\C/C=C\CCC(=O)OCC(COP(=O)(O)OCC(O)COP(=O)(O)OCC(COC(=O)CCCCCCC/C=C\CCCCCC)OC(=O)CCCCCCC/C=C\CCCCCC)OC(=O)CCCCCCC/C=C\CCCC. The number of hydrogen-bond donors (Lipinski definition) is 3. The molecule has 0 spiro atoms. The van der Waals surface area contributed by atoms with Gasteiger partial charge in [0.15, 0.2) is 12.2 Å². The van der Waals surface area contributed by atoms with Gasteiger partial charge in [-0.25, -0.2) is 9.13 Å². The van der Waals surface area contributed by atoms with Gasteiger partial charge in [0.2, 0.25) is 0 Å². The number of esters is 4. The summed E-state index contributed by atoms with van der Waals surface area (Å²) in [5.74, 6) is -2.30. The number of phosphoric ester groups is 2. The van der Waals surface area contributed by atoms with Gasteiger partial charge < -0.3 is 33.8 Å². The zero-order valence-corrected chi connectivity index (χ0v) is 61.8.